The molecule has 7 nitrogen and oxygen atoms in total. The van der Waals surface area contributed by atoms with E-state index in [1.165, 1.54) is 4.90 Å². The molecule has 1 atom stereocenters. The third-order valence-corrected chi connectivity index (χ3v) is 8.02. The first-order chi connectivity index (χ1) is 19.5. The average molecular weight is 592 g/mol. The molecule has 0 bridgehead atoms. The number of hydrogen-bond acceptors (Lipinski definition) is 4. The van der Waals surface area contributed by atoms with Gasteiger partial charge >= 0.3 is 0 Å². The number of benzene rings is 4. The maximum Gasteiger partial charge on any atom is 0.244 e. The number of halogens is 1. The van der Waals surface area contributed by atoms with Crippen molar-refractivity contribution in [3.05, 3.63) is 113 Å². The van der Waals surface area contributed by atoms with Crippen LogP contribution in [0, 0.1) is 0 Å². The van der Waals surface area contributed by atoms with Gasteiger partial charge in [-0.1, -0.05) is 90.5 Å². The van der Waals surface area contributed by atoms with Crippen LogP contribution in [0.15, 0.2) is 97.1 Å². The van der Waals surface area contributed by atoms with Gasteiger partial charge in [-0.15, -0.1) is 0 Å². The summed E-state index contributed by atoms with van der Waals surface area (Å²) in [6, 6.07) is 28.2. The second-order valence-corrected chi connectivity index (χ2v) is 12.6. The Balaban J connectivity index is 1.78. The Hall–Kier alpha value is -3.88. The highest BCUT2D eigenvalue weighted by Gasteiger charge is 2.33. The lowest BCUT2D eigenvalue weighted by Gasteiger charge is -2.34. The van der Waals surface area contributed by atoms with Crippen molar-refractivity contribution < 1.29 is 18.0 Å². The Morgan fingerprint density at radius 1 is 0.854 bits per heavy atom. The van der Waals surface area contributed by atoms with Crippen molar-refractivity contribution in [3.63, 3.8) is 0 Å². The van der Waals surface area contributed by atoms with Crippen molar-refractivity contribution in [1.29, 1.82) is 0 Å². The van der Waals surface area contributed by atoms with Crippen LogP contribution in [0.4, 0.5) is 5.69 Å². The molecule has 0 spiro atoms. The third kappa shape index (κ3) is 7.86. The van der Waals surface area contributed by atoms with Crippen molar-refractivity contribution in [2.75, 3.05) is 17.1 Å². The van der Waals surface area contributed by atoms with Gasteiger partial charge in [0.1, 0.15) is 12.6 Å². The summed E-state index contributed by atoms with van der Waals surface area (Å²) in [7, 11) is -3.88. The van der Waals surface area contributed by atoms with E-state index < -0.39 is 28.5 Å². The van der Waals surface area contributed by atoms with Crippen molar-refractivity contribution in [3.8, 4) is 0 Å². The average Bonchev–Trinajstić information content (AvgIpc) is 2.93. The number of nitrogens with one attached hydrogen (secondary N) is 1. The van der Waals surface area contributed by atoms with Gasteiger partial charge in [-0.05, 0) is 48.6 Å². The molecule has 0 unspecified atom stereocenters. The van der Waals surface area contributed by atoms with Crippen LogP contribution in [0.25, 0.3) is 10.8 Å². The molecular formula is C32H34ClN3O4S. The fourth-order valence-electron chi connectivity index (χ4n) is 4.79. The number of nitrogens with zero attached hydrogens (tertiary/aromatic N) is 2. The number of carbonyl (C=O) groups excluding carboxylic acids is 2. The summed E-state index contributed by atoms with van der Waals surface area (Å²) in [5.74, 6) is -0.835. The quantitative estimate of drug-likeness (QED) is 0.252. The van der Waals surface area contributed by atoms with E-state index in [0.717, 1.165) is 27.1 Å². The number of hydrogen-bond donors (Lipinski definition) is 1. The predicted octanol–water partition coefficient (Wildman–Crippen LogP) is 5.42. The van der Waals surface area contributed by atoms with Gasteiger partial charge in [0, 0.05) is 29.4 Å². The molecule has 1 N–H and O–H groups in total. The van der Waals surface area contributed by atoms with Crippen molar-refractivity contribution in [1.82, 2.24) is 10.2 Å². The molecule has 0 aromatic heterocycles. The first-order valence-corrected chi connectivity index (χ1v) is 15.6. The van der Waals surface area contributed by atoms with E-state index in [2.05, 4.69) is 5.32 Å². The number of amides is 2. The Bertz CT molecular complexity index is 1620. The van der Waals surface area contributed by atoms with E-state index in [4.69, 9.17) is 11.6 Å². The monoisotopic (exact) mass is 591 g/mol. The van der Waals surface area contributed by atoms with Crippen LogP contribution in [-0.2, 0) is 32.6 Å². The van der Waals surface area contributed by atoms with Gasteiger partial charge in [0.25, 0.3) is 0 Å². The predicted molar refractivity (Wildman–Crippen MR) is 165 cm³/mol. The zero-order valence-corrected chi connectivity index (χ0v) is 24.9. The first kappa shape index (κ1) is 30.1. The van der Waals surface area contributed by atoms with Crippen LogP contribution in [-0.4, -0.2) is 50.0 Å². The van der Waals surface area contributed by atoms with Gasteiger partial charge in [-0.3, -0.25) is 13.9 Å². The number of fused-ring (bicyclic) bond motifs is 1. The molecule has 0 heterocycles. The van der Waals surface area contributed by atoms with E-state index in [1.54, 1.807) is 30.3 Å². The summed E-state index contributed by atoms with van der Waals surface area (Å²) in [6.07, 6.45) is 1.33. The van der Waals surface area contributed by atoms with E-state index >= 15 is 0 Å². The summed E-state index contributed by atoms with van der Waals surface area (Å²) >= 11 is 6.26. The Morgan fingerprint density at radius 3 is 2.17 bits per heavy atom. The fourth-order valence-corrected chi connectivity index (χ4v) is 5.86. The molecule has 4 aromatic carbocycles. The highest BCUT2D eigenvalue weighted by molar-refractivity contribution is 7.92. The molecule has 4 rings (SSSR count). The lowest BCUT2D eigenvalue weighted by molar-refractivity contribution is -0.140. The summed E-state index contributed by atoms with van der Waals surface area (Å²) in [5.41, 5.74) is 1.99. The van der Waals surface area contributed by atoms with Crippen LogP contribution in [0.2, 0.25) is 5.02 Å². The summed E-state index contributed by atoms with van der Waals surface area (Å²) in [4.78, 5) is 29.3. The molecule has 4 aromatic rings. The van der Waals surface area contributed by atoms with Gasteiger partial charge < -0.3 is 10.2 Å². The standard InChI is InChI=1S/C32H34ClN3O4S/c1-23(2)34-32(38)30(20-24-11-5-4-6-12-24)35(21-25-13-9-16-27(33)19-25)31(37)22-36(41(3,39)40)29-18-10-15-26-14-7-8-17-28(26)29/h4-19,23,30H,20-22H2,1-3H3,(H,34,38)/t30-/m1/s1. The largest absolute Gasteiger partial charge is 0.352 e. The van der Waals surface area contributed by atoms with Crippen LogP contribution >= 0.6 is 11.6 Å². The van der Waals surface area contributed by atoms with Gasteiger partial charge in [0.05, 0.1) is 11.9 Å². The Labute approximate surface area is 246 Å². The number of rotatable bonds is 11. The molecule has 0 aliphatic heterocycles. The Morgan fingerprint density at radius 2 is 1.49 bits per heavy atom. The second-order valence-electron chi connectivity index (χ2n) is 10.3. The lowest BCUT2D eigenvalue weighted by atomic mass is 10.0. The maximum absolute atomic E-state index is 14.2. The SMILES string of the molecule is CC(C)NC(=O)[C@@H](Cc1ccccc1)N(Cc1cccc(Cl)c1)C(=O)CN(c1cccc2ccccc12)S(C)(=O)=O. The zero-order valence-electron chi connectivity index (χ0n) is 23.3. The van der Waals surface area contributed by atoms with Gasteiger partial charge in [-0.2, -0.15) is 0 Å². The number of sulfonamides is 1. The Kier molecular flexibility index (Phi) is 9.68. The van der Waals surface area contributed by atoms with Gasteiger partial charge in [0.15, 0.2) is 0 Å². The van der Waals surface area contributed by atoms with E-state index in [0.29, 0.717) is 16.1 Å². The van der Waals surface area contributed by atoms with Crippen LogP contribution in [0.3, 0.4) is 0 Å². The fraction of sp³-hybridized carbons (Fsp3) is 0.250. The minimum Gasteiger partial charge on any atom is -0.352 e. The van der Waals surface area contributed by atoms with E-state index in [1.807, 2.05) is 80.6 Å². The molecule has 214 valence electrons. The lowest BCUT2D eigenvalue weighted by Crippen LogP contribution is -2.54. The van der Waals surface area contributed by atoms with E-state index in [9.17, 15) is 18.0 Å². The van der Waals surface area contributed by atoms with Crippen molar-refractivity contribution >= 4 is 49.9 Å². The van der Waals surface area contributed by atoms with Crippen LogP contribution < -0.4 is 9.62 Å². The molecular weight excluding hydrogens is 558 g/mol. The zero-order chi connectivity index (χ0) is 29.6. The molecule has 41 heavy (non-hydrogen) atoms. The highest BCUT2D eigenvalue weighted by Crippen LogP contribution is 2.29. The third-order valence-electron chi connectivity index (χ3n) is 6.66. The van der Waals surface area contributed by atoms with Crippen molar-refractivity contribution in [2.45, 2.75) is 38.9 Å². The minimum absolute atomic E-state index is 0.0650. The molecule has 9 heteroatoms. The molecule has 2 amide bonds. The van der Waals surface area contributed by atoms with Gasteiger partial charge in [0.2, 0.25) is 21.8 Å². The molecule has 0 saturated heterocycles. The minimum atomic E-state index is -3.88. The summed E-state index contributed by atoms with van der Waals surface area (Å²) in [6.45, 7) is 3.29. The molecule has 0 radical (unpaired) electrons. The van der Waals surface area contributed by atoms with E-state index in [-0.39, 0.29) is 24.9 Å². The number of carbonyl (C=O) groups is 2. The molecule has 0 saturated carbocycles. The van der Waals surface area contributed by atoms with Crippen molar-refractivity contribution in [2.24, 2.45) is 0 Å². The highest BCUT2D eigenvalue weighted by atomic mass is 35.5. The first-order valence-electron chi connectivity index (χ1n) is 13.4. The second kappa shape index (κ2) is 13.2. The normalized spacial score (nSPS) is 12.2. The molecule has 0 fully saturated rings. The summed E-state index contributed by atoms with van der Waals surface area (Å²) < 4.78 is 27.4. The number of anilines is 1. The molecule has 0 aliphatic carbocycles. The topological polar surface area (TPSA) is 86.8 Å². The van der Waals surface area contributed by atoms with Gasteiger partial charge in [-0.25, -0.2) is 8.42 Å². The molecule has 0 aliphatic rings. The maximum atomic E-state index is 14.2. The van der Waals surface area contributed by atoms with Crippen LogP contribution in [0.1, 0.15) is 25.0 Å². The van der Waals surface area contributed by atoms with Crippen LogP contribution in [0.5, 0.6) is 0 Å². The smallest absolute Gasteiger partial charge is 0.244 e. The summed E-state index contributed by atoms with van der Waals surface area (Å²) in [5, 5.41) is 4.99.